The Morgan fingerprint density at radius 2 is 1.82 bits per heavy atom. The zero-order valence-corrected chi connectivity index (χ0v) is 12.1. The average Bonchev–Trinajstić information content (AvgIpc) is 2.39. The highest BCUT2D eigenvalue weighted by Crippen LogP contribution is 2.29. The molecule has 0 N–H and O–H groups in total. The van der Waals surface area contributed by atoms with Crippen LogP contribution in [0.25, 0.3) is 5.52 Å². The fourth-order valence-electron chi connectivity index (χ4n) is 2.14. The van der Waals surface area contributed by atoms with E-state index >= 15 is 0 Å². The number of aromatic nitrogens is 1. The first-order valence-electron chi connectivity index (χ1n) is 5.54. The molecule has 0 aromatic carbocycles. The molecule has 0 unspecified atom stereocenters. The molecule has 0 fully saturated rings. The van der Waals surface area contributed by atoms with Gasteiger partial charge in [0.1, 0.15) is 6.54 Å². The van der Waals surface area contributed by atoms with Crippen LogP contribution in [0.2, 0.25) is 10.0 Å². The van der Waals surface area contributed by atoms with E-state index in [2.05, 4.69) is 38.5 Å². The molecule has 2 aromatic rings. The second-order valence-corrected chi connectivity index (χ2v) is 6.33. The van der Waals surface area contributed by atoms with Gasteiger partial charge in [-0.3, -0.25) is 0 Å². The summed E-state index contributed by atoms with van der Waals surface area (Å²) in [6, 6.07) is 3.98. The predicted molar refractivity (Wildman–Crippen MR) is 73.9 cm³/mol. The first-order chi connectivity index (χ1) is 7.78. The van der Waals surface area contributed by atoms with Crippen LogP contribution in [0.3, 0.4) is 0 Å². The maximum atomic E-state index is 6.30. The minimum Gasteiger partial charge on any atom is -0.327 e. The molecule has 92 valence electrons. The first kappa shape index (κ1) is 12.7. The van der Waals surface area contributed by atoms with Gasteiger partial charge in [0, 0.05) is 17.5 Å². The van der Waals surface area contributed by atoms with Crippen LogP contribution in [0.4, 0.5) is 0 Å². The van der Waals surface area contributed by atoms with E-state index < -0.39 is 0 Å². The Bertz CT molecular complexity index is 565. The van der Waals surface area contributed by atoms with Crippen LogP contribution in [0.15, 0.2) is 18.3 Å². The maximum Gasteiger partial charge on any atom is 0.106 e. The topological polar surface area (TPSA) is 4.41 Å². The number of nitrogens with zero attached hydrogens (tertiary/aromatic N) is 2. The van der Waals surface area contributed by atoms with Crippen molar-refractivity contribution < 1.29 is 4.48 Å². The van der Waals surface area contributed by atoms with E-state index in [0.29, 0.717) is 10.0 Å². The third-order valence-corrected chi connectivity index (χ3v) is 3.19. The summed E-state index contributed by atoms with van der Waals surface area (Å²) in [5, 5.41) is 1.38. The van der Waals surface area contributed by atoms with Gasteiger partial charge in [-0.2, -0.15) is 0 Å². The second-order valence-electron chi connectivity index (χ2n) is 5.48. The standard InChI is InChI=1S/C13H17Cl2N2/c1-9-5-10(8-17(2,3)4)13-12(15)6-11(14)7-16(9)13/h5-7H,8H2,1-4H3/q+1. The molecule has 2 nitrogen and oxygen atoms in total. The molecule has 17 heavy (non-hydrogen) atoms. The number of pyridine rings is 1. The lowest BCUT2D eigenvalue weighted by atomic mass is 10.2. The highest BCUT2D eigenvalue weighted by atomic mass is 35.5. The molecule has 2 aromatic heterocycles. The van der Waals surface area contributed by atoms with Crippen molar-refractivity contribution in [1.82, 2.24) is 4.40 Å². The van der Waals surface area contributed by atoms with Crippen molar-refractivity contribution in [3.05, 3.63) is 39.6 Å². The molecule has 0 radical (unpaired) electrons. The van der Waals surface area contributed by atoms with Crippen molar-refractivity contribution in [3.8, 4) is 0 Å². The van der Waals surface area contributed by atoms with Gasteiger partial charge < -0.3 is 8.88 Å². The molecule has 0 atom stereocenters. The Balaban J connectivity index is 2.66. The maximum absolute atomic E-state index is 6.30. The van der Waals surface area contributed by atoms with Crippen LogP contribution in [0.1, 0.15) is 11.3 Å². The largest absolute Gasteiger partial charge is 0.327 e. The molecular formula is C13H17Cl2N2+. The van der Waals surface area contributed by atoms with E-state index in [1.165, 1.54) is 5.56 Å². The first-order valence-corrected chi connectivity index (χ1v) is 6.29. The predicted octanol–water partition coefficient (Wildman–Crippen LogP) is 3.76. The number of fused-ring (bicyclic) bond motifs is 1. The quantitative estimate of drug-likeness (QED) is 0.733. The lowest BCUT2D eigenvalue weighted by Crippen LogP contribution is -2.33. The van der Waals surface area contributed by atoms with Gasteiger partial charge in [0.25, 0.3) is 0 Å². The highest BCUT2D eigenvalue weighted by molar-refractivity contribution is 6.36. The zero-order valence-electron chi connectivity index (χ0n) is 10.6. The second kappa shape index (κ2) is 4.20. The molecule has 0 aliphatic carbocycles. The molecule has 0 saturated heterocycles. The molecular weight excluding hydrogens is 255 g/mol. The summed E-state index contributed by atoms with van der Waals surface area (Å²) in [5.41, 5.74) is 3.49. The van der Waals surface area contributed by atoms with Crippen LogP contribution in [0.5, 0.6) is 0 Å². The van der Waals surface area contributed by atoms with E-state index in [1.807, 2.05) is 6.20 Å². The average molecular weight is 272 g/mol. The van der Waals surface area contributed by atoms with Gasteiger partial charge in [-0.05, 0) is 19.1 Å². The third-order valence-electron chi connectivity index (χ3n) is 2.70. The molecule has 2 heterocycles. The van der Waals surface area contributed by atoms with Crippen LogP contribution in [-0.2, 0) is 6.54 Å². The number of aryl methyl sites for hydroxylation is 1. The van der Waals surface area contributed by atoms with Crippen LogP contribution >= 0.6 is 23.2 Å². The minimum absolute atomic E-state index is 0.665. The van der Waals surface area contributed by atoms with E-state index in [4.69, 9.17) is 23.2 Å². The van der Waals surface area contributed by atoms with Crippen molar-refractivity contribution >= 4 is 28.7 Å². The minimum atomic E-state index is 0.665. The van der Waals surface area contributed by atoms with Crippen molar-refractivity contribution in [1.29, 1.82) is 0 Å². The van der Waals surface area contributed by atoms with Gasteiger partial charge in [-0.1, -0.05) is 23.2 Å². The van der Waals surface area contributed by atoms with E-state index in [9.17, 15) is 0 Å². The number of rotatable bonds is 2. The van der Waals surface area contributed by atoms with Crippen molar-refractivity contribution in [2.24, 2.45) is 0 Å². The Morgan fingerprint density at radius 1 is 1.18 bits per heavy atom. The van der Waals surface area contributed by atoms with Crippen LogP contribution < -0.4 is 0 Å². The third kappa shape index (κ3) is 2.59. The Labute approximate surface area is 112 Å². The van der Waals surface area contributed by atoms with E-state index in [1.54, 1.807) is 6.07 Å². The number of hydrogen-bond donors (Lipinski definition) is 0. The highest BCUT2D eigenvalue weighted by Gasteiger charge is 2.16. The van der Waals surface area contributed by atoms with Crippen LogP contribution in [-0.4, -0.2) is 30.0 Å². The number of hydrogen-bond acceptors (Lipinski definition) is 0. The number of halogens is 2. The molecule has 0 bridgehead atoms. The summed E-state index contributed by atoms with van der Waals surface area (Å²) in [5.74, 6) is 0. The molecule has 0 amide bonds. The Morgan fingerprint density at radius 3 is 2.41 bits per heavy atom. The molecule has 2 rings (SSSR count). The van der Waals surface area contributed by atoms with Gasteiger partial charge in [0.2, 0.25) is 0 Å². The molecule has 0 aliphatic rings. The zero-order chi connectivity index (χ0) is 12.8. The molecule has 0 aliphatic heterocycles. The SMILES string of the molecule is Cc1cc(C[N+](C)(C)C)c2c(Cl)cc(Cl)cn12. The van der Waals surface area contributed by atoms with E-state index in [0.717, 1.165) is 22.2 Å². The van der Waals surface area contributed by atoms with Crippen molar-refractivity contribution in [2.75, 3.05) is 21.1 Å². The monoisotopic (exact) mass is 271 g/mol. The number of quaternary nitrogens is 1. The van der Waals surface area contributed by atoms with Gasteiger partial charge in [-0.15, -0.1) is 0 Å². The lowest BCUT2D eigenvalue weighted by Gasteiger charge is -2.23. The normalized spacial score (nSPS) is 12.4. The van der Waals surface area contributed by atoms with Gasteiger partial charge in [-0.25, -0.2) is 0 Å². The summed E-state index contributed by atoms with van der Waals surface area (Å²) >= 11 is 12.3. The Hall–Kier alpha value is -0.700. The lowest BCUT2D eigenvalue weighted by molar-refractivity contribution is -0.883. The molecule has 4 heteroatoms. The van der Waals surface area contributed by atoms with Crippen molar-refractivity contribution in [2.45, 2.75) is 13.5 Å². The fraction of sp³-hybridized carbons (Fsp3) is 0.385. The summed E-state index contributed by atoms with van der Waals surface area (Å²) in [6.07, 6.45) is 1.91. The van der Waals surface area contributed by atoms with Crippen molar-refractivity contribution in [3.63, 3.8) is 0 Å². The summed E-state index contributed by atoms with van der Waals surface area (Å²) in [4.78, 5) is 0. The molecule has 0 spiro atoms. The summed E-state index contributed by atoms with van der Waals surface area (Å²) < 4.78 is 2.94. The van der Waals surface area contributed by atoms with Gasteiger partial charge in [0.15, 0.2) is 0 Å². The summed E-state index contributed by atoms with van der Waals surface area (Å²) in [7, 11) is 6.51. The Kier molecular flexibility index (Phi) is 3.15. The van der Waals surface area contributed by atoms with Crippen LogP contribution in [0, 0.1) is 6.92 Å². The fourth-order valence-corrected chi connectivity index (χ4v) is 2.73. The smallest absolute Gasteiger partial charge is 0.106 e. The van der Waals surface area contributed by atoms with Gasteiger partial charge >= 0.3 is 0 Å². The van der Waals surface area contributed by atoms with E-state index in [-0.39, 0.29) is 0 Å². The van der Waals surface area contributed by atoms with Gasteiger partial charge in [0.05, 0.1) is 36.7 Å². The summed E-state index contributed by atoms with van der Waals surface area (Å²) in [6.45, 7) is 3.01. The molecule has 0 saturated carbocycles.